The van der Waals surface area contributed by atoms with Gasteiger partial charge in [0, 0.05) is 47.6 Å². The van der Waals surface area contributed by atoms with E-state index in [2.05, 4.69) is 61.3 Å². The third kappa shape index (κ3) is 3.53. The normalized spacial score (nSPS) is 38.1. The van der Waals surface area contributed by atoms with E-state index < -0.39 is 0 Å². The summed E-state index contributed by atoms with van der Waals surface area (Å²) in [4.78, 5) is 19.8. The lowest BCUT2D eigenvalue weighted by Crippen LogP contribution is -2.55. The molecule has 1 aromatic carbocycles. The van der Waals surface area contributed by atoms with E-state index in [0.717, 1.165) is 56.5 Å². The summed E-state index contributed by atoms with van der Waals surface area (Å²) in [6.45, 7) is 8.89. The molecular weight excluding hydrogens is 430 g/mol. The van der Waals surface area contributed by atoms with E-state index in [0.29, 0.717) is 23.8 Å². The molecule has 2 aromatic rings. The van der Waals surface area contributed by atoms with E-state index in [1.54, 1.807) is 5.56 Å². The molecule has 1 saturated heterocycles. The molecule has 6 aliphatic rings. The summed E-state index contributed by atoms with van der Waals surface area (Å²) >= 11 is 0. The molecule has 2 N–H and O–H groups in total. The zero-order valence-electron chi connectivity index (χ0n) is 22.1. The summed E-state index contributed by atoms with van der Waals surface area (Å²) in [6.07, 6.45) is 12.2. The maximum absolute atomic E-state index is 13.6. The fraction of sp³-hybridized carbons (Fsp3) is 0.710. The molecule has 3 atom stereocenters. The van der Waals surface area contributed by atoms with Gasteiger partial charge in [0.15, 0.2) is 0 Å². The minimum atomic E-state index is -0.0318. The molecule has 5 aliphatic carbocycles. The van der Waals surface area contributed by atoms with Crippen molar-refractivity contribution in [3.63, 3.8) is 0 Å². The SMILES string of the molecule is CN1C[C@H](CNC(=O)C23CC4CC(CC(C4)C2)C3)C[C@@H]2c3cc(C(C)(C)C)cc4[nH]cc(c34)C[C@H]21. The number of hydrogen-bond acceptors (Lipinski definition) is 2. The molecule has 1 aliphatic heterocycles. The largest absolute Gasteiger partial charge is 0.361 e. The van der Waals surface area contributed by atoms with Crippen LogP contribution in [0, 0.1) is 29.1 Å². The summed E-state index contributed by atoms with van der Waals surface area (Å²) in [5.74, 6) is 3.93. The first kappa shape index (κ1) is 22.4. The van der Waals surface area contributed by atoms with Crippen LogP contribution in [0.5, 0.6) is 0 Å². The Hall–Kier alpha value is -1.81. The van der Waals surface area contributed by atoms with Crippen LogP contribution in [0.25, 0.3) is 10.9 Å². The van der Waals surface area contributed by atoms with Gasteiger partial charge in [0.1, 0.15) is 0 Å². The van der Waals surface area contributed by atoms with Crippen molar-refractivity contribution < 1.29 is 4.79 Å². The highest BCUT2D eigenvalue weighted by Crippen LogP contribution is 2.60. The number of aromatic nitrogens is 1. The van der Waals surface area contributed by atoms with Crippen LogP contribution in [-0.2, 0) is 16.6 Å². The number of amides is 1. The van der Waals surface area contributed by atoms with Crippen molar-refractivity contribution in [1.82, 2.24) is 15.2 Å². The Bertz CT molecular complexity index is 1130. The van der Waals surface area contributed by atoms with E-state index in [-0.39, 0.29) is 10.8 Å². The first-order valence-corrected chi connectivity index (χ1v) is 14.3. The number of hydrogen-bond donors (Lipinski definition) is 2. The standard InChI is InChI=1S/C31H43N3O/c1-30(2,3)23-10-25-24-8-21(17-34(4)27(24)9-22-16-32-26(11-23)28(22)25)15-33-29(35)31-12-18-5-19(13-31)7-20(6-18)14-31/h10-11,16,18-21,24,27,32H,5-9,12-15,17H2,1-4H3,(H,33,35)/t18?,19?,20?,21-,24+,27+,31?/m0/s1. The topological polar surface area (TPSA) is 48.1 Å². The second-order valence-electron chi connectivity index (χ2n) is 14.4. The molecule has 2 heterocycles. The molecule has 0 spiro atoms. The molecule has 4 nitrogen and oxygen atoms in total. The van der Waals surface area contributed by atoms with Crippen LogP contribution in [0.3, 0.4) is 0 Å². The number of likely N-dealkylation sites (tertiary alicyclic amines) is 1. The van der Waals surface area contributed by atoms with E-state index in [4.69, 9.17) is 0 Å². The third-order valence-electron chi connectivity index (χ3n) is 10.8. The van der Waals surface area contributed by atoms with Crippen molar-refractivity contribution in [2.75, 3.05) is 20.1 Å². The number of H-pyrrole nitrogens is 1. The van der Waals surface area contributed by atoms with Crippen molar-refractivity contribution in [3.05, 3.63) is 35.0 Å². The van der Waals surface area contributed by atoms with Gasteiger partial charge in [-0.25, -0.2) is 0 Å². The summed E-state index contributed by atoms with van der Waals surface area (Å²) in [5, 5.41) is 5.01. The minimum Gasteiger partial charge on any atom is -0.361 e. The lowest BCUT2D eigenvalue weighted by molar-refractivity contribution is -0.146. The Morgan fingerprint density at radius 1 is 1.09 bits per heavy atom. The number of nitrogens with zero attached hydrogens (tertiary/aromatic N) is 1. The average molecular weight is 474 g/mol. The van der Waals surface area contributed by atoms with Gasteiger partial charge in [-0.05, 0) is 110 Å². The fourth-order valence-corrected chi connectivity index (χ4v) is 9.52. The van der Waals surface area contributed by atoms with Gasteiger partial charge in [0.2, 0.25) is 5.91 Å². The number of carbonyl (C=O) groups is 1. The van der Waals surface area contributed by atoms with Crippen LogP contribution in [-0.4, -0.2) is 42.0 Å². The Kier molecular flexibility index (Phi) is 4.86. The zero-order chi connectivity index (χ0) is 24.1. The number of benzene rings is 1. The van der Waals surface area contributed by atoms with Gasteiger partial charge in [-0.2, -0.15) is 0 Å². The summed E-state index contributed by atoms with van der Waals surface area (Å²) in [6, 6.07) is 5.45. The van der Waals surface area contributed by atoms with Crippen molar-refractivity contribution in [2.24, 2.45) is 29.1 Å². The number of likely N-dealkylation sites (N-methyl/N-ethyl adjacent to an activating group) is 1. The molecule has 4 saturated carbocycles. The minimum absolute atomic E-state index is 0.0318. The molecule has 188 valence electrons. The van der Waals surface area contributed by atoms with Crippen molar-refractivity contribution in [3.8, 4) is 0 Å². The molecule has 8 rings (SSSR count). The van der Waals surface area contributed by atoms with Gasteiger partial charge in [0.05, 0.1) is 0 Å². The first-order chi connectivity index (χ1) is 16.7. The average Bonchev–Trinajstić information content (AvgIpc) is 3.20. The molecular formula is C31H43N3O. The highest BCUT2D eigenvalue weighted by molar-refractivity contribution is 5.89. The van der Waals surface area contributed by atoms with E-state index in [9.17, 15) is 4.79 Å². The Morgan fingerprint density at radius 2 is 1.77 bits per heavy atom. The van der Waals surface area contributed by atoms with E-state index >= 15 is 0 Å². The fourth-order valence-electron chi connectivity index (χ4n) is 9.52. The first-order valence-electron chi connectivity index (χ1n) is 14.3. The molecule has 35 heavy (non-hydrogen) atoms. The predicted molar refractivity (Wildman–Crippen MR) is 142 cm³/mol. The summed E-state index contributed by atoms with van der Waals surface area (Å²) in [5.41, 5.74) is 5.86. The van der Waals surface area contributed by atoms with Gasteiger partial charge in [-0.15, -0.1) is 0 Å². The number of rotatable bonds is 3. The number of nitrogens with one attached hydrogen (secondary N) is 2. The van der Waals surface area contributed by atoms with Crippen LogP contribution in [0.15, 0.2) is 18.3 Å². The predicted octanol–water partition coefficient (Wildman–Crippen LogP) is 5.76. The van der Waals surface area contributed by atoms with Crippen LogP contribution < -0.4 is 5.32 Å². The van der Waals surface area contributed by atoms with Gasteiger partial charge < -0.3 is 15.2 Å². The second kappa shape index (κ2) is 7.60. The maximum atomic E-state index is 13.6. The molecule has 0 unspecified atom stereocenters. The Balaban J connectivity index is 1.12. The number of carbonyl (C=O) groups excluding carboxylic acids is 1. The second-order valence-corrected chi connectivity index (χ2v) is 14.4. The maximum Gasteiger partial charge on any atom is 0.226 e. The van der Waals surface area contributed by atoms with Crippen LogP contribution in [0.2, 0.25) is 0 Å². The highest BCUT2D eigenvalue weighted by atomic mass is 16.2. The third-order valence-corrected chi connectivity index (χ3v) is 10.8. The summed E-state index contributed by atoms with van der Waals surface area (Å²) < 4.78 is 0. The van der Waals surface area contributed by atoms with Crippen molar-refractivity contribution in [2.45, 2.75) is 89.5 Å². The Labute approximate surface area is 210 Å². The van der Waals surface area contributed by atoms with Gasteiger partial charge >= 0.3 is 0 Å². The number of piperidine rings is 1. The van der Waals surface area contributed by atoms with Crippen LogP contribution in [0.4, 0.5) is 0 Å². The molecule has 5 fully saturated rings. The zero-order valence-corrected chi connectivity index (χ0v) is 22.1. The molecule has 1 aromatic heterocycles. The van der Waals surface area contributed by atoms with E-state index in [1.165, 1.54) is 47.7 Å². The van der Waals surface area contributed by atoms with Gasteiger partial charge in [0.25, 0.3) is 0 Å². The Morgan fingerprint density at radius 3 is 2.43 bits per heavy atom. The quantitative estimate of drug-likeness (QED) is 0.596. The van der Waals surface area contributed by atoms with Crippen LogP contribution >= 0.6 is 0 Å². The lowest BCUT2D eigenvalue weighted by atomic mass is 9.49. The van der Waals surface area contributed by atoms with E-state index in [1.807, 2.05) is 0 Å². The molecule has 4 bridgehead atoms. The van der Waals surface area contributed by atoms with Crippen molar-refractivity contribution >= 4 is 16.8 Å². The summed E-state index contributed by atoms with van der Waals surface area (Å²) in [7, 11) is 2.31. The monoisotopic (exact) mass is 473 g/mol. The molecule has 4 heteroatoms. The number of aromatic amines is 1. The molecule has 1 amide bonds. The van der Waals surface area contributed by atoms with Gasteiger partial charge in [-0.3, -0.25) is 4.79 Å². The smallest absolute Gasteiger partial charge is 0.226 e. The molecule has 0 radical (unpaired) electrons. The highest BCUT2D eigenvalue weighted by Gasteiger charge is 2.54. The lowest BCUT2D eigenvalue weighted by Gasteiger charge is -2.55. The van der Waals surface area contributed by atoms with Gasteiger partial charge in [-0.1, -0.05) is 26.8 Å². The van der Waals surface area contributed by atoms with Crippen LogP contribution in [0.1, 0.15) is 88.3 Å². The number of fused-ring (bicyclic) bond motifs is 2. The van der Waals surface area contributed by atoms with Crippen molar-refractivity contribution in [1.29, 1.82) is 0 Å².